The van der Waals surface area contributed by atoms with E-state index in [1.807, 2.05) is 0 Å². The number of imidazole rings is 1. The Bertz CT molecular complexity index is 572. The first-order valence-electron chi connectivity index (χ1n) is 8.16. The van der Waals surface area contributed by atoms with Crippen molar-refractivity contribution in [1.29, 1.82) is 0 Å². The van der Waals surface area contributed by atoms with Crippen LogP contribution in [-0.4, -0.2) is 42.3 Å². The summed E-state index contributed by atoms with van der Waals surface area (Å²) in [4.78, 5) is 2.49. The Balaban J connectivity index is 1.74. The number of aryl methyl sites for hydroxylation is 1. The van der Waals surface area contributed by atoms with Gasteiger partial charge in [0.2, 0.25) is 6.33 Å². The number of rotatable bonds is 6. The van der Waals surface area contributed by atoms with E-state index in [2.05, 4.69) is 51.6 Å². The lowest BCUT2D eigenvalue weighted by Gasteiger charge is -2.25. The van der Waals surface area contributed by atoms with E-state index in [1.165, 1.54) is 23.9 Å². The second-order valence-electron chi connectivity index (χ2n) is 5.80. The van der Waals surface area contributed by atoms with Crippen LogP contribution in [0.25, 0.3) is 11.0 Å². The van der Waals surface area contributed by atoms with Gasteiger partial charge in [-0.3, -0.25) is 4.90 Å². The molecule has 0 radical (unpaired) electrons. The molecule has 3 rings (SSSR count). The van der Waals surface area contributed by atoms with E-state index < -0.39 is 0 Å². The van der Waals surface area contributed by atoms with Gasteiger partial charge in [0.25, 0.3) is 0 Å². The van der Waals surface area contributed by atoms with Crippen molar-refractivity contribution in [2.24, 2.45) is 0 Å². The van der Waals surface area contributed by atoms with Crippen LogP contribution in [0.15, 0.2) is 30.6 Å². The van der Waals surface area contributed by atoms with Gasteiger partial charge in [-0.25, -0.2) is 9.13 Å². The molecule has 21 heavy (non-hydrogen) atoms. The molecule has 0 bridgehead atoms. The molecule has 1 aliphatic rings. The topological polar surface area (TPSA) is 21.3 Å². The van der Waals surface area contributed by atoms with Crippen LogP contribution in [0.2, 0.25) is 0 Å². The molecule has 1 aromatic heterocycles. The Morgan fingerprint density at radius 3 is 2.76 bits per heavy atom. The maximum absolute atomic E-state index is 5.42. The van der Waals surface area contributed by atoms with Crippen LogP contribution in [0, 0.1) is 0 Å². The lowest BCUT2D eigenvalue weighted by molar-refractivity contribution is -0.672. The van der Waals surface area contributed by atoms with Gasteiger partial charge in [0.05, 0.1) is 19.8 Å². The van der Waals surface area contributed by atoms with Crippen LogP contribution >= 0.6 is 0 Å². The second kappa shape index (κ2) is 7.05. The fourth-order valence-corrected chi connectivity index (χ4v) is 3.00. The Hall–Kier alpha value is -1.39. The summed E-state index contributed by atoms with van der Waals surface area (Å²) in [5.41, 5.74) is 2.70. The van der Waals surface area contributed by atoms with Gasteiger partial charge in [-0.2, -0.15) is 0 Å². The van der Waals surface area contributed by atoms with Gasteiger partial charge in [-0.15, -0.1) is 0 Å². The van der Waals surface area contributed by atoms with Crippen molar-refractivity contribution in [2.75, 3.05) is 32.8 Å². The molecule has 1 aliphatic heterocycles. The second-order valence-corrected chi connectivity index (χ2v) is 5.80. The molecule has 4 nitrogen and oxygen atoms in total. The number of nitrogens with zero attached hydrogens (tertiary/aromatic N) is 3. The number of benzene rings is 1. The average molecular weight is 288 g/mol. The third kappa shape index (κ3) is 3.44. The van der Waals surface area contributed by atoms with Crippen LogP contribution in [0.5, 0.6) is 0 Å². The van der Waals surface area contributed by atoms with Gasteiger partial charge in [-0.1, -0.05) is 25.5 Å². The number of unbranched alkanes of at least 4 members (excludes halogenated alkanes) is 1. The highest BCUT2D eigenvalue weighted by molar-refractivity contribution is 5.71. The summed E-state index contributed by atoms with van der Waals surface area (Å²) in [6.07, 6.45) is 4.77. The smallest absolute Gasteiger partial charge is 0.244 e. The number of morpholine rings is 1. The Labute approximate surface area is 126 Å². The monoisotopic (exact) mass is 288 g/mol. The van der Waals surface area contributed by atoms with Crippen LogP contribution in [0.1, 0.15) is 19.8 Å². The minimum Gasteiger partial charge on any atom is -0.379 e. The van der Waals surface area contributed by atoms with Gasteiger partial charge in [0, 0.05) is 19.6 Å². The Kier molecular flexibility index (Phi) is 4.88. The van der Waals surface area contributed by atoms with Gasteiger partial charge in [0.15, 0.2) is 11.0 Å². The van der Waals surface area contributed by atoms with Crippen LogP contribution < -0.4 is 4.57 Å². The molecule has 0 amide bonds. The first-order chi connectivity index (χ1) is 10.4. The van der Waals surface area contributed by atoms with E-state index in [4.69, 9.17) is 4.74 Å². The van der Waals surface area contributed by atoms with E-state index >= 15 is 0 Å². The van der Waals surface area contributed by atoms with Crippen LogP contribution in [-0.2, 0) is 17.8 Å². The van der Waals surface area contributed by atoms with Gasteiger partial charge < -0.3 is 4.74 Å². The molecule has 114 valence electrons. The maximum atomic E-state index is 5.42. The van der Waals surface area contributed by atoms with Crippen molar-refractivity contribution in [1.82, 2.24) is 9.47 Å². The van der Waals surface area contributed by atoms with Crippen LogP contribution in [0.3, 0.4) is 0 Å². The lowest BCUT2D eigenvalue weighted by Crippen LogP contribution is -2.38. The SMILES string of the molecule is CCCC[n+]1cn(CCN2CCOCC2)c2ccccc21. The van der Waals surface area contributed by atoms with E-state index in [0.29, 0.717) is 0 Å². The third-order valence-corrected chi connectivity index (χ3v) is 4.29. The molecule has 1 aromatic carbocycles. The molecule has 0 unspecified atom stereocenters. The van der Waals surface area contributed by atoms with E-state index in [0.717, 1.165) is 45.9 Å². The molecule has 1 fully saturated rings. The normalized spacial score (nSPS) is 16.6. The molecule has 0 saturated carbocycles. The van der Waals surface area contributed by atoms with Crippen molar-refractivity contribution >= 4 is 11.0 Å². The van der Waals surface area contributed by atoms with Crippen molar-refractivity contribution < 1.29 is 9.30 Å². The van der Waals surface area contributed by atoms with Crippen molar-refractivity contribution in [3.8, 4) is 0 Å². The molecule has 2 heterocycles. The number of aromatic nitrogens is 2. The average Bonchev–Trinajstić information content (AvgIpc) is 2.90. The molecule has 0 N–H and O–H groups in total. The Morgan fingerprint density at radius 2 is 1.95 bits per heavy atom. The van der Waals surface area contributed by atoms with Crippen molar-refractivity contribution in [2.45, 2.75) is 32.9 Å². The van der Waals surface area contributed by atoms with Gasteiger partial charge >= 0.3 is 0 Å². The predicted molar refractivity (Wildman–Crippen MR) is 84.3 cm³/mol. The zero-order valence-corrected chi connectivity index (χ0v) is 13.0. The quantitative estimate of drug-likeness (QED) is 0.759. The summed E-state index contributed by atoms with van der Waals surface area (Å²) in [6.45, 7) is 9.41. The van der Waals surface area contributed by atoms with Gasteiger partial charge in [-0.05, 0) is 18.6 Å². The first kappa shape index (κ1) is 14.5. The highest BCUT2D eigenvalue weighted by atomic mass is 16.5. The summed E-state index contributed by atoms with van der Waals surface area (Å²) in [5, 5.41) is 0. The molecular formula is C17H26N3O+. The molecule has 0 atom stereocenters. The number of fused-ring (bicyclic) bond motifs is 1. The first-order valence-corrected chi connectivity index (χ1v) is 8.16. The predicted octanol–water partition coefficient (Wildman–Crippen LogP) is 2.06. The number of ether oxygens (including phenoxy) is 1. The Morgan fingerprint density at radius 1 is 1.14 bits per heavy atom. The molecule has 2 aromatic rings. The number of para-hydroxylation sites is 2. The largest absolute Gasteiger partial charge is 0.379 e. The highest BCUT2D eigenvalue weighted by Gasteiger charge is 2.16. The van der Waals surface area contributed by atoms with E-state index in [9.17, 15) is 0 Å². The van der Waals surface area contributed by atoms with Crippen molar-refractivity contribution in [3.63, 3.8) is 0 Å². The minimum absolute atomic E-state index is 0.878. The van der Waals surface area contributed by atoms with E-state index in [1.54, 1.807) is 0 Å². The summed E-state index contributed by atoms with van der Waals surface area (Å²) in [6, 6.07) is 8.74. The lowest BCUT2D eigenvalue weighted by atomic mass is 10.3. The highest BCUT2D eigenvalue weighted by Crippen LogP contribution is 2.11. The number of hydrogen-bond donors (Lipinski definition) is 0. The molecule has 1 saturated heterocycles. The van der Waals surface area contributed by atoms with Gasteiger partial charge in [0.1, 0.15) is 6.54 Å². The third-order valence-electron chi connectivity index (χ3n) is 4.29. The molecule has 4 heteroatoms. The fraction of sp³-hybridized carbons (Fsp3) is 0.588. The van der Waals surface area contributed by atoms with Crippen LogP contribution in [0.4, 0.5) is 0 Å². The zero-order valence-electron chi connectivity index (χ0n) is 13.0. The molecule has 0 aliphatic carbocycles. The summed E-state index contributed by atoms with van der Waals surface area (Å²) in [7, 11) is 0. The van der Waals surface area contributed by atoms with Crippen molar-refractivity contribution in [3.05, 3.63) is 30.6 Å². The fourth-order valence-electron chi connectivity index (χ4n) is 3.00. The summed E-state index contributed by atoms with van der Waals surface area (Å²) < 4.78 is 10.2. The zero-order chi connectivity index (χ0) is 14.5. The minimum atomic E-state index is 0.878. The molecule has 0 spiro atoms. The standard InChI is InChI=1S/C17H26N3O/c1-2-3-8-19-15-20(17-7-5-4-6-16(17)19)10-9-18-11-13-21-14-12-18/h4-7,15H,2-3,8-14H2,1H3/q+1. The molecular weight excluding hydrogens is 262 g/mol. The summed E-state index contributed by atoms with van der Waals surface area (Å²) >= 11 is 0. The van der Waals surface area contributed by atoms with E-state index in [-0.39, 0.29) is 0 Å². The maximum Gasteiger partial charge on any atom is 0.244 e. The number of hydrogen-bond acceptors (Lipinski definition) is 2. The summed E-state index contributed by atoms with van der Waals surface area (Å²) in [5.74, 6) is 0.